The molecule has 11 heavy (non-hydrogen) atoms. The molecule has 0 saturated heterocycles. The van der Waals surface area contributed by atoms with E-state index in [1.165, 1.54) is 11.1 Å². The Morgan fingerprint density at radius 3 is 2.64 bits per heavy atom. The van der Waals surface area contributed by atoms with E-state index < -0.39 is 0 Å². The Balaban J connectivity index is 3.09. The third kappa shape index (κ3) is 2.12. The number of hydrogen-bond donors (Lipinski definition) is 1. The van der Waals surface area contributed by atoms with Crippen LogP contribution in [-0.4, -0.2) is 0 Å². The smallest absolute Gasteiger partial charge is 0.00430 e. The van der Waals surface area contributed by atoms with Gasteiger partial charge in [-0.1, -0.05) is 18.2 Å². The molecule has 58 valence electrons. The second kappa shape index (κ2) is 3.63. The number of aryl methyl sites for hydroxylation is 1. The minimum absolute atomic E-state index is 1.02. The number of allylic oxidation sites excluding steroid dienone is 1. The van der Waals surface area contributed by atoms with Crippen molar-refractivity contribution >= 4 is 18.7 Å². The molecule has 0 heterocycles. The molecule has 0 amide bonds. The zero-order valence-corrected chi connectivity index (χ0v) is 7.73. The summed E-state index contributed by atoms with van der Waals surface area (Å²) in [7, 11) is 0. The summed E-state index contributed by atoms with van der Waals surface area (Å²) in [5.74, 6) is 0. The van der Waals surface area contributed by atoms with E-state index in [9.17, 15) is 0 Å². The zero-order valence-electron chi connectivity index (χ0n) is 6.83. The molecule has 0 aliphatic carbocycles. The summed E-state index contributed by atoms with van der Waals surface area (Å²) in [5.41, 5.74) is 2.54. The Hall–Kier alpha value is -0.690. The highest BCUT2D eigenvalue weighted by Crippen LogP contribution is 2.14. The summed E-state index contributed by atoms with van der Waals surface area (Å²) in [6.45, 7) is 4.11. The normalized spacial score (nSPS) is 10.8. The highest BCUT2D eigenvalue weighted by molar-refractivity contribution is 7.80. The lowest BCUT2D eigenvalue weighted by Gasteiger charge is -1.99. The highest BCUT2D eigenvalue weighted by atomic mass is 32.1. The molecule has 0 aliphatic heterocycles. The topological polar surface area (TPSA) is 0 Å². The van der Waals surface area contributed by atoms with Crippen molar-refractivity contribution in [1.82, 2.24) is 0 Å². The minimum atomic E-state index is 1.02. The van der Waals surface area contributed by atoms with E-state index in [0.29, 0.717) is 0 Å². The summed E-state index contributed by atoms with van der Waals surface area (Å²) < 4.78 is 0. The first-order valence-electron chi connectivity index (χ1n) is 3.66. The standard InChI is InChI=1S/C10H12S/c1-3-4-9-5-6-10(11)7-8(9)2/h3-7,11H,1-2H3/b4-3-. The maximum absolute atomic E-state index is 4.25. The van der Waals surface area contributed by atoms with Gasteiger partial charge in [0.25, 0.3) is 0 Å². The molecule has 1 aromatic rings. The van der Waals surface area contributed by atoms with E-state index in [4.69, 9.17) is 0 Å². The maximum atomic E-state index is 4.25. The van der Waals surface area contributed by atoms with Crippen molar-refractivity contribution in [3.8, 4) is 0 Å². The van der Waals surface area contributed by atoms with Gasteiger partial charge in [-0.25, -0.2) is 0 Å². The fourth-order valence-electron chi connectivity index (χ4n) is 1.03. The van der Waals surface area contributed by atoms with Crippen molar-refractivity contribution in [2.75, 3.05) is 0 Å². The summed E-state index contributed by atoms with van der Waals surface area (Å²) >= 11 is 4.25. The fourth-order valence-corrected chi connectivity index (χ4v) is 1.29. The second-order valence-electron chi connectivity index (χ2n) is 2.54. The Bertz CT molecular complexity index is 274. The average molecular weight is 164 g/mol. The van der Waals surface area contributed by atoms with Crippen molar-refractivity contribution < 1.29 is 0 Å². The average Bonchev–Trinajstić information content (AvgIpc) is 1.95. The third-order valence-electron chi connectivity index (χ3n) is 1.60. The van der Waals surface area contributed by atoms with Gasteiger partial charge in [0.15, 0.2) is 0 Å². The lowest BCUT2D eigenvalue weighted by atomic mass is 10.1. The van der Waals surface area contributed by atoms with Gasteiger partial charge in [-0.05, 0) is 37.1 Å². The van der Waals surface area contributed by atoms with Crippen LogP contribution in [0.3, 0.4) is 0 Å². The van der Waals surface area contributed by atoms with E-state index in [1.54, 1.807) is 0 Å². The van der Waals surface area contributed by atoms with Gasteiger partial charge in [0, 0.05) is 4.90 Å². The number of thiol groups is 1. The van der Waals surface area contributed by atoms with Crippen molar-refractivity contribution in [3.05, 3.63) is 35.4 Å². The molecule has 0 radical (unpaired) electrons. The molecule has 0 fully saturated rings. The summed E-state index contributed by atoms with van der Waals surface area (Å²) in [5, 5.41) is 0. The molecule has 1 heteroatoms. The molecule has 0 saturated carbocycles. The number of hydrogen-bond acceptors (Lipinski definition) is 1. The molecule has 0 aliphatic rings. The van der Waals surface area contributed by atoms with Gasteiger partial charge >= 0.3 is 0 Å². The third-order valence-corrected chi connectivity index (χ3v) is 1.88. The minimum Gasteiger partial charge on any atom is -0.143 e. The maximum Gasteiger partial charge on any atom is 0.00430 e. The Morgan fingerprint density at radius 1 is 1.36 bits per heavy atom. The zero-order chi connectivity index (χ0) is 8.27. The molecule has 0 N–H and O–H groups in total. The summed E-state index contributed by atoms with van der Waals surface area (Å²) in [6, 6.07) is 6.15. The monoisotopic (exact) mass is 164 g/mol. The van der Waals surface area contributed by atoms with Gasteiger partial charge in [0.1, 0.15) is 0 Å². The molecular formula is C10H12S. The van der Waals surface area contributed by atoms with Crippen molar-refractivity contribution in [3.63, 3.8) is 0 Å². The van der Waals surface area contributed by atoms with Crippen molar-refractivity contribution in [2.24, 2.45) is 0 Å². The summed E-state index contributed by atoms with van der Waals surface area (Å²) in [4.78, 5) is 1.02. The fraction of sp³-hybridized carbons (Fsp3) is 0.200. The van der Waals surface area contributed by atoms with Gasteiger partial charge in [-0.3, -0.25) is 0 Å². The first-order valence-corrected chi connectivity index (χ1v) is 4.11. The van der Waals surface area contributed by atoms with Crippen LogP contribution >= 0.6 is 12.6 Å². The van der Waals surface area contributed by atoms with Crippen LogP contribution in [0, 0.1) is 6.92 Å². The highest BCUT2D eigenvalue weighted by Gasteiger charge is 1.92. The predicted molar refractivity (Wildman–Crippen MR) is 53.1 cm³/mol. The number of benzene rings is 1. The first kappa shape index (κ1) is 8.41. The SMILES string of the molecule is C/C=C\c1ccc(S)cc1C. The van der Waals surface area contributed by atoms with Gasteiger partial charge in [-0.2, -0.15) is 0 Å². The predicted octanol–water partition coefficient (Wildman–Crippen LogP) is 3.32. The first-order chi connectivity index (χ1) is 5.24. The summed E-state index contributed by atoms with van der Waals surface area (Å²) in [6.07, 6.45) is 4.14. The molecule has 0 bridgehead atoms. The lowest BCUT2D eigenvalue weighted by Crippen LogP contribution is -1.79. The second-order valence-corrected chi connectivity index (χ2v) is 3.06. The van der Waals surface area contributed by atoms with Gasteiger partial charge < -0.3 is 0 Å². The molecule has 0 atom stereocenters. The van der Waals surface area contributed by atoms with Crippen LogP contribution in [0.1, 0.15) is 18.1 Å². The van der Waals surface area contributed by atoms with Crippen LogP contribution in [0.15, 0.2) is 29.2 Å². The van der Waals surface area contributed by atoms with Gasteiger partial charge in [-0.15, -0.1) is 12.6 Å². The van der Waals surface area contributed by atoms with E-state index >= 15 is 0 Å². The van der Waals surface area contributed by atoms with Gasteiger partial charge in [0.2, 0.25) is 0 Å². The van der Waals surface area contributed by atoms with Crippen LogP contribution in [0.4, 0.5) is 0 Å². The molecular weight excluding hydrogens is 152 g/mol. The van der Waals surface area contributed by atoms with Crippen LogP contribution < -0.4 is 0 Å². The molecule has 0 unspecified atom stereocenters. The van der Waals surface area contributed by atoms with E-state index in [-0.39, 0.29) is 0 Å². The van der Waals surface area contributed by atoms with E-state index in [2.05, 4.69) is 37.8 Å². The van der Waals surface area contributed by atoms with Crippen LogP contribution in [0.5, 0.6) is 0 Å². The number of rotatable bonds is 1. The molecule has 0 nitrogen and oxygen atoms in total. The van der Waals surface area contributed by atoms with Crippen LogP contribution in [0.25, 0.3) is 6.08 Å². The Morgan fingerprint density at radius 2 is 2.09 bits per heavy atom. The van der Waals surface area contributed by atoms with Crippen LogP contribution in [-0.2, 0) is 0 Å². The quantitative estimate of drug-likeness (QED) is 0.605. The van der Waals surface area contributed by atoms with Crippen LogP contribution in [0.2, 0.25) is 0 Å². The Labute approximate surface area is 73.4 Å². The largest absolute Gasteiger partial charge is 0.143 e. The van der Waals surface area contributed by atoms with Crippen molar-refractivity contribution in [2.45, 2.75) is 18.7 Å². The Kier molecular flexibility index (Phi) is 2.77. The van der Waals surface area contributed by atoms with E-state index in [0.717, 1.165) is 4.90 Å². The van der Waals surface area contributed by atoms with Crippen molar-refractivity contribution in [1.29, 1.82) is 0 Å². The molecule has 0 spiro atoms. The molecule has 1 rings (SSSR count). The molecule has 0 aromatic heterocycles. The molecule has 1 aromatic carbocycles. The lowest BCUT2D eigenvalue weighted by molar-refractivity contribution is 1.35. The van der Waals surface area contributed by atoms with E-state index in [1.807, 2.05) is 19.1 Å². The van der Waals surface area contributed by atoms with Gasteiger partial charge in [0.05, 0.1) is 0 Å².